The summed E-state index contributed by atoms with van der Waals surface area (Å²) < 4.78 is 13.7. The van der Waals surface area contributed by atoms with Crippen molar-refractivity contribution >= 4 is 33.7 Å². The molecule has 0 atom stereocenters. The second-order valence-corrected chi connectivity index (χ2v) is 5.93. The van der Waals surface area contributed by atoms with E-state index in [4.69, 9.17) is 0 Å². The minimum absolute atomic E-state index is 0.260. The summed E-state index contributed by atoms with van der Waals surface area (Å²) in [5.41, 5.74) is 0.689. The molecule has 0 fully saturated rings. The molecule has 4 nitrogen and oxygen atoms in total. The number of anilines is 1. The number of aromatic nitrogens is 2. The van der Waals surface area contributed by atoms with Crippen molar-refractivity contribution in [3.63, 3.8) is 0 Å². The lowest BCUT2D eigenvalue weighted by Gasteiger charge is -2.11. The van der Waals surface area contributed by atoms with Gasteiger partial charge in [-0.2, -0.15) is 0 Å². The van der Waals surface area contributed by atoms with Crippen LogP contribution in [0.3, 0.4) is 0 Å². The Hall–Kier alpha value is -2.12. The Bertz CT molecular complexity index is 770. The Kier molecular flexibility index (Phi) is 3.76. The minimum Gasteiger partial charge on any atom is -0.286 e. The van der Waals surface area contributed by atoms with Gasteiger partial charge in [0, 0.05) is 29.6 Å². The van der Waals surface area contributed by atoms with Crippen LogP contribution in [0.5, 0.6) is 0 Å². The molecule has 3 rings (SSSR count). The maximum Gasteiger partial charge on any atom is 0.279 e. The Morgan fingerprint density at radius 1 is 1.29 bits per heavy atom. The Morgan fingerprint density at radius 2 is 2.10 bits per heavy atom. The van der Waals surface area contributed by atoms with Crippen LogP contribution < -0.4 is 4.90 Å². The molecule has 0 aliphatic rings. The average Bonchev–Trinajstić information content (AvgIpc) is 3.17. The SMILES string of the molecule is CN(C(=O)c1csc(-c2ccccc2F)n1)c1nccs1. The number of hydrogen-bond acceptors (Lipinski definition) is 5. The zero-order valence-electron chi connectivity index (χ0n) is 11.0. The predicted molar refractivity (Wildman–Crippen MR) is 82.4 cm³/mol. The molecule has 2 aromatic heterocycles. The third-order valence-electron chi connectivity index (χ3n) is 2.84. The standard InChI is InChI=1S/C14H10FN3OS2/c1-18(14-16-6-7-20-14)13(19)11-8-21-12(17-11)9-4-2-3-5-10(9)15/h2-8H,1H3. The second-order valence-electron chi connectivity index (χ2n) is 4.20. The molecule has 1 aromatic carbocycles. The molecule has 3 aromatic rings. The van der Waals surface area contributed by atoms with Gasteiger partial charge in [-0.1, -0.05) is 12.1 Å². The fraction of sp³-hybridized carbons (Fsp3) is 0.0714. The Balaban J connectivity index is 1.89. The van der Waals surface area contributed by atoms with E-state index in [0.29, 0.717) is 15.7 Å². The first kappa shape index (κ1) is 13.8. The number of amides is 1. The van der Waals surface area contributed by atoms with Gasteiger partial charge in [-0.15, -0.1) is 22.7 Å². The number of benzene rings is 1. The molecular weight excluding hydrogens is 309 g/mol. The normalized spacial score (nSPS) is 10.6. The summed E-state index contributed by atoms with van der Waals surface area (Å²) in [4.78, 5) is 22.1. The molecule has 2 heterocycles. The van der Waals surface area contributed by atoms with Gasteiger partial charge in [-0.3, -0.25) is 9.69 Å². The Labute approximate surface area is 128 Å². The highest BCUT2D eigenvalue weighted by atomic mass is 32.1. The molecule has 0 radical (unpaired) electrons. The third-order valence-corrected chi connectivity index (χ3v) is 4.56. The maximum absolute atomic E-state index is 13.7. The van der Waals surface area contributed by atoms with E-state index in [0.717, 1.165) is 0 Å². The summed E-state index contributed by atoms with van der Waals surface area (Å²) >= 11 is 2.61. The lowest BCUT2D eigenvalue weighted by atomic mass is 10.2. The largest absolute Gasteiger partial charge is 0.286 e. The van der Waals surface area contributed by atoms with Crippen molar-refractivity contribution in [3.8, 4) is 10.6 Å². The van der Waals surface area contributed by atoms with E-state index in [2.05, 4.69) is 9.97 Å². The van der Waals surface area contributed by atoms with Crippen LogP contribution in [0.4, 0.5) is 9.52 Å². The second kappa shape index (κ2) is 5.71. The van der Waals surface area contributed by atoms with Gasteiger partial charge < -0.3 is 0 Å². The molecule has 0 saturated heterocycles. The van der Waals surface area contributed by atoms with Crippen LogP contribution in [0.25, 0.3) is 10.6 Å². The number of carbonyl (C=O) groups is 1. The van der Waals surface area contributed by atoms with Gasteiger partial charge in [-0.05, 0) is 12.1 Å². The van der Waals surface area contributed by atoms with Crippen LogP contribution in [0.15, 0.2) is 41.2 Å². The van der Waals surface area contributed by atoms with E-state index in [1.807, 2.05) is 0 Å². The van der Waals surface area contributed by atoms with Gasteiger partial charge in [0.25, 0.3) is 5.91 Å². The van der Waals surface area contributed by atoms with Crippen LogP contribution in [-0.2, 0) is 0 Å². The van der Waals surface area contributed by atoms with Crippen LogP contribution in [0, 0.1) is 5.82 Å². The van der Waals surface area contributed by atoms with Gasteiger partial charge in [0.2, 0.25) is 0 Å². The Morgan fingerprint density at radius 3 is 2.81 bits per heavy atom. The van der Waals surface area contributed by atoms with Crippen molar-refractivity contribution in [2.75, 3.05) is 11.9 Å². The lowest BCUT2D eigenvalue weighted by Crippen LogP contribution is -2.26. The molecule has 0 unspecified atom stereocenters. The van der Waals surface area contributed by atoms with Gasteiger partial charge in [0.15, 0.2) is 5.13 Å². The van der Waals surface area contributed by atoms with Crippen LogP contribution in [-0.4, -0.2) is 22.9 Å². The van der Waals surface area contributed by atoms with Crippen molar-refractivity contribution in [3.05, 3.63) is 52.7 Å². The summed E-state index contributed by atoms with van der Waals surface area (Å²) in [6, 6.07) is 6.38. The molecule has 21 heavy (non-hydrogen) atoms. The summed E-state index contributed by atoms with van der Waals surface area (Å²) in [6.45, 7) is 0. The topological polar surface area (TPSA) is 46.1 Å². The number of halogens is 1. The van der Waals surface area contributed by atoms with Gasteiger partial charge >= 0.3 is 0 Å². The quantitative estimate of drug-likeness (QED) is 0.740. The summed E-state index contributed by atoms with van der Waals surface area (Å²) in [7, 11) is 1.64. The van der Waals surface area contributed by atoms with Crippen molar-refractivity contribution in [2.24, 2.45) is 0 Å². The molecule has 7 heteroatoms. The van der Waals surface area contributed by atoms with Crippen molar-refractivity contribution in [1.29, 1.82) is 0 Å². The highest BCUT2D eigenvalue weighted by molar-refractivity contribution is 7.14. The zero-order valence-corrected chi connectivity index (χ0v) is 12.6. The molecule has 0 bridgehead atoms. The molecule has 106 valence electrons. The van der Waals surface area contributed by atoms with E-state index in [-0.39, 0.29) is 17.4 Å². The number of carbonyl (C=O) groups excluding carboxylic acids is 1. The van der Waals surface area contributed by atoms with Crippen molar-refractivity contribution in [1.82, 2.24) is 9.97 Å². The van der Waals surface area contributed by atoms with E-state index in [9.17, 15) is 9.18 Å². The first-order chi connectivity index (χ1) is 10.2. The van der Waals surface area contributed by atoms with Gasteiger partial charge in [0.05, 0.1) is 0 Å². The van der Waals surface area contributed by atoms with E-state index in [1.54, 1.807) is 42.2 Å². The summed E-state index contributed by atoms with van der Waals surface area (Å²) in [5, 5.41) is 4.52. The number of rotatable bonds is 3. The molecule has 0 spiro atoms. The van der Waals surface area contributed by atoms with Crippen LogP contribution in [0.2, 0.25) is 0 Å². The average molecular weight is 319 g/mol. The molecule has 0 aliphatic carbocycles. The molecule has 0 saturated carbocycles. The highest BCUT2D eigenvalue weighted by Crippen LogP contribution is 2.27. The van der Waals surface area contributed by atoms with E-state index in [1.165, 1.54) is 33.6 Å². The molecular formula is C14H10FN3OS2. The monoisotopic (exact) mass is 319 g/mol. The molecule has 0 N–H and O–H groups in total. The van der Waals surface area contributed by atoms with Gasteiger partial charge in [0.1, 0.15) is 16.5 Å². The van der Waals surface area contributed by atoms with Crippen LogP contribution >= 0.6 is 22.7 Å². The van der Waals surface area contributed by atoms with E-state index < -0.39 is 0 Å². The van der Waals surface area contributed by atoms with Gasteiger partial charge in [-0.25, -0.2) is 14.4 Å². The smallest absolute Gasteiger partial charge is 0.279 e. The van der Waals surface area contributed by atoms with Crippen LogP contribution in [0.1, 0.15) is 10.5 Å². The molecule has 1 amide bonds. The fourth-order valence-corrected chi connectivity index (χ4v) is 3.20. The zero-order chi connectivity index (χ0) is 14.8. The highest BCUT2D eigenvalue weighted by Gasteiger charge is 2.19. The number of thiazole rings is 2. The number of nitrogens with zero attached hydrogens (tertiary/aromatic N) is 3. The van der Waals surface area contributed by atoms with E-state index >= 15 is 0 Å². The third kappa shape index (κ3) is 2.70. The predicted octanol–water partition coefficient (Wildman–Crippen LogP) is 3.68. The molecule has 0 aliphatic heterocycles. The van der Waals surface area contributed by atoms with Crippen molar-refractivity contribution < 1.29 is 9.18 Å². The van der Waals surface area contributed by atoms with Crippen molar-refractivity contribution in [2.45, 2.75) is 0 Å². The first-order valence-electron chi connectivity index (χ1n) is 6.05. The summed E-state index contributed by atoms with van der Waals surface area (Å²) in [6.07, 6.45) is 1.63. The summed E-state index contributed by atoms with van der Waals surface area (Å²) in [5.74, 6) is -0.608. The fourth-order valence-electron chi connectivity index (χ4n) is 1.77. The first-order valence-corrected chi connectivity index (χ1v) is 7.80. The maximum atomic E-state index is 13.7. The number of hydrogen-bond donors (Lipinski definition) is 0. The minimum atomic E-state index is -0.348. The lowest BCUT2D eigenvalue weighted by molar-refractivity contribution is 0.0989.